The highest BCUT2D eigenvalue weighted by Crippen LogP contribution is 2.59. The van der Waals surface area contributed by atoms with E-state index in [2.05, 4.69) is 6.08 Å². The minimum absolute atomic E-state index is 0.0211. The largest absolute Gasteiger partial charge is 0.507 e. The number of carbonyl (C=O) groups is 4. The summed E-state index contributed by atoms with van der Waals surface area (Å²) in [5, 5.41) is 11.3. The standard InChI is InChI=1S/C33H40N2O5/c1-18-9-8-14-22(29(18)36)26-21-15-16-23-27(32(39)34(30(23)37)19-10-4-2-5-11-19)24(21)17-25-28(26)33(40)35(31(25)38)20-12-6-3-7-13-20/h8-9,14-15,19-20,23-28,36H,2-7,10-13,16-17H2,1H3. The molecule has 212 valence electrons. The number of phenols is 1. The third kappa shape index (κ3) is 3.75. The van der Waals surface area contributed by atoms with Crippen LogP contribution in [0.1, 0.15) is 94.1 Å². The second-order valence-corrected chi connectivity index (χ2v) is 13.2. The summed E-state index contributed by atoms with van der Waals surface area (Å²) in [6.45, 7) is 1.85. The van der Waals surface area contributed by atoms with Gasteiger partial charge in [-0.2, -0.15) is 0 Å². The van der Waals surface area contributed by atoms with E-state index >= 15 is 0 Å². The molecule has 7 rings (SSSR count). The van der Waals surface area contributed by atoms with E-state index in [-0.39, 0.29) is 47.4 Å². The van der Waals surface area contributed by atoms with Gasteiger partial charge in [-0.25, -0.2) is 0 Å². The van der Waals surface area contributed by atoms with Gasteiger partial charge < -0.3 is 5.11 Å². The van der Waals surface area contributed by atoms with Gasteiger partial charge in [0.05, 0.1) is 23.7 Å². The number of aromatic hydroxyl groups is 1. The Kier molecular flexibility index (Phi) is 6.39. The Balaban J connectivity index is 1.30. The van der Waals surface area contributed by atoms with Gasteiger partial charge in [0.1, 0.15) is 5.75 Å². The van der Waals surface area contributed by atoms with Crippen LogP contribution in [0, 0.1) is 36.5 Å². The number of aryl methyl sites for hydroxylation is 1. The second kappa shape index (κ2) is 9.85. The van der Waals surface area contributed by atoms with Crippen molar-refractivity contribution in [1.82, 2.24) is 9.80 Å². The maximum absolute atomic E-state index is 14.2. The van der Waals surface area contributed by atoms with Gasteiger partial charge in [0.15, 0.2) is 0 Å². The molecule has 3 saturated carbocycles. The highest BCUT2D eigenvalue weighted by atomic mass is 16.3. The first kappa shape index (κ1) is 26.0. The summed E-state index contributed by atoms with van der Waals surface area (Å²) in [4.78, 5) is 59.2. The van der Waals surface area contributed by atoms with Crippen LogP contribution in [0.5, 0.6) is 5.75 Å². The van der Waals surface area contributed by atoms with Crippen molar-refractivity contribution in [2.24, 2.45) is 29.6 Å². The molecule has 6 atom stereocenters. The number of phenolic OH excluding ortho intramolecular Hbond substituents is 1. The summed E-state index contributed by atoms with van der Waals surface area (Å²) in [5.74, 6) is -2.95. The minimum Gasteiger partial charge on any atom is -0.507 e. The molecule has 0 bridgehead atoms. The average Bonchev–Trinajstić information content (AvgIpc) is 3.38. The lowest BCUT2D eigenvalue weighted by Crippen LogP contribution is -2.44. The van der Waals surface area contributed by atoms with Crippen molar-refractivity contribution >= 4 is 23.6 Å². The number of nitrogens with zero attached hydrogens (tertiary/aromatic N) is 2. The Morgan fingerprint density at radius 2 is 1.27 bits per heavy atom. The van der Waals surface area contributed by atoms with Crippen LogP contribution in [0.3, 0.4) is 0 Å². The normalized spacial score (nSPS) is 35.1. The topological polar surface area (TPSA) is 95.0 Å². The van der Waals surface area contributed by atoms with Crippen LogP contribution < -0.4 is 0 Å². The van der Waals surface area contributed by atoms with Crippen molar-refractivity contribution in [1.29, 1.82) is 0 Å². The highest BCUT2D eigenvalue weighted by molar-refractivity contribution is 6.08. The van der Waals surface area contributed by atoms with Crippen molar-refractivity contribution in [2.75, 3.05) is 0 Å². The molecule has 6 aliphatic rings. The predicted octanol–water partition coefficient (Wildman–Crippen LogP) is 5.00. The molecule has 4 amide bonds. The van der Waals surface area contributed by atoms with E-state index in [4.69, 9.17) is 0 Å². The Bertz CT molecular complexity index is 1290. The molecule has 2 saturated heterocycles. The fraction of sp³-hybridized carbons (Fsp3) is 0.636. The van der Waals surface area contributed by atoms with Crippen LogP contribution in [-0.4, -0.2) is 50.6 Å². The number of benzene rings is 1. The van der Waals surface area contributed by atoms with Gasteiger partial charge in [-0.3, -0.25) is 29.0 Å². The number of hydrogen-bond acceptors (Lipinski definition) is 5. The molecule has 0 aromatic heterocycles. The number of hydrogen-bond donors (Lipinski definition) is 1. The Morgan fingerprint density at radius 1 is 0.700 bits per heavy atom. The van der Waals surface area contributed by atoms with Crippen LogP contribution in [0.25, 0.3) is 0 Å². The van der Waals surface area contributed by atoms with Crippen LogP contribution in [0.2, 0.25) is 0 Å². The first-order chi connectivity index (χ1) is 19.4. The lowest BCUT2D eigenvalue weighted by atomic mass is 9.57. The van der Waals surface area contributed by atoms with E-state index in [1.807, 2.05) is 25.1 Å². The predicted molar refractivity (Wildman–Crippen MR) is 148 cm³/mol. The van der Waals surface area contributed by atoms with Gasteiger partial charge in [0.25, 0.3) is 0 Å². The molecular weight excluding hydrogens is 504 g/mol. The van der Waals surface area contributed by atoms with Crippen LogP contribution in [0.4, 0.5) is 0 Å². The molecule has 40 heavy (non-hydrogen) atoms. The number of para-hydroxylation sites is 1. The summed E-state index contributed by atoms with van der Waals surface area (Å²) in [6, 6.07) is 5.53. The molecule has 2 heterocycles. The van der Waals surface area contributed by atoms with Crippen molar-refractivity contribution in [3.05, 3.63) is 41.0 Å². The van der Waals surface area contributed by atoms with Crippen LogP contribution in [0.15, 0.2) is 29.8 Å². The van der Waals surface area contributed by atoms with E-state index in [1.165, 1.54) is 0 Å². The van der Waals surface area contributed by atoms with E-state index in [1.54, 1.807) is 9.80 Å². The van der Waals surface area contributed by atoms with E-state index in [0.717, 1.165) is 75.3 Å². The highest BCUT2D eigenvalue weighted by Gasteiger charge is 2.63. The zero-order chi connectivity index (χ0) is 27.7. The van der Waals surface area contributed by atoms with Crippen LogP contribution in [-0.2, 0) is 19.2 Å². The maximum Gasteiger partial charge on any atom is 0.234 e. The Morgan fingerprint density at radius 3 is 1.90 bits per heavy atom. The molecular formula is C33H40N2O5. The SMILES string of the molecule is Cc1cccc(C2C3=CCC4C(=O)N(C5CCCCC5)C(=O)C4C3CC3C(=O)N(C4CCCCC4)C(=O)C32)c1O. The molecule has 7 heteroatoms. The molecule has 1 N–H and O–H groups in total. The molecule has 6 unspecified atom stereocenters. The Labute approximate surface area is 236 Å². The van der Waals surface area contributed by atoms with Crippen molar-refractivity contribution in [2.45, 2.75) is 102 Å². The molecule has 0 radical (unpaired) electrons. The third-order valence-corrected chi connectivity index (χ3v) is 11.2. The van der Waals surface area contributed by atoms with Crippen molar-refractivity contribution in [3.8, 4) is 5.75 Å². The minimum atomic E-state index is -0.581. The fourth-order valence-corrected chi connectivity index (χ4v) is 9.32. The van der Waals surface area contributed by atoms with E-state index in [0.29, 0.717) is 18.4 Å². The maximum atomic E-state index is 14.2. The molecule has 2 aliphatic heterocycles. The molecule has 4 aliphatic carbocycles. The quantitative estimate of drug-likeness (QED) is 0.427. The molecule has 5 fully saturated rings. The van der Waals surface area contributed by atoms with Crippen LogP contribution >= 0.6 is 0 Å². The number of fused-ring (bicyclic) bond motifs is 4. The van der Waals surface area contributed by atoms with Crippen molar-refractivity contribution < 1.29 is 24.3 Å². The third-order valence-electron chi connectivity index (χ3n) is 11.2. The first-order valence-electron chi connectivity index (χ1n) is 15.6. The van der Waals surface area contributed by atoms with Gasteiger partial charge in [-0.05, 0) is 56.9 Å². The van der Waals surface area contributed by atoms with Gasteiger partial charge in [0.2, 0.25) is 23.6 Å². The smallest absolute Gasteiger partial charge is 0.234 e. The van der Waals surface area contributed by atoms with E-state index in [9.17, 15) is 24.3 Å². The van der Waals surface area contributed by atoms with Gasteiger partial charge >= 0.3 is 0 Å². The van der Waals surface area contributed by atoms with Gasteiger partial charge in [-0.15, -0.1) is 0 Å². The summed E-state index contributed by atoms with van der Waals surface area (Å²) in [5.41, 5.74) is 2.36. The number of allylic oxidation sites excluding steroid dienone is 2. The van der Waals surface area contributed by atoms with Crippen molar-refractivity contribution in [3.63, 3.8) is 0 Å². The number of likely N-dealkylation sites (tertiary alicyclic amines) is 2. The number of rotatable bonds is 3. The summed E-state index contributed by atoms with van der Waals surface area (Å²) >= 11 is 0. The summed E-state index contributed by atoms with van der Waals surface area (Å²) in [7, 11) is 0. The molecule has 1 aromatic rings. The lowest BCUT2D eigenvalue weighted by molar-refractivity contribution is -0.145. The van der Waals surface area contributed by atoms with Gasteiger partial charge in [-0.1, -0.05) is 68.4 Å². The second-order valence-electron chi connectivity index (χ2n) is 13.2. The summed E-state index contributed by atoms with van der Waals surface area (Å²) in [6.07, 6.45) is 12.8. The molecule has 0 spiro atoms. The Hall–Kier alpha value is -2.96. The molecule has 1 aromatic carbocycles. The first-order valence-corrected chi connectivity index (χ1v) is 15.6. The average molecular weight is 545 g/mol. The lowest BCUT2D eigenvalue weighted by Gasteiger charge is -2.44. The zero-order valence-corrected chi connectivity index (χ0v) is 23.4. The summed E-state index contributed by atoms with van der Waals surface area (Å²) < 4.78 is 0. The molecule has 7 nitrogen and oxygen atoms in total. The number of imide groups is 2. The van der Waals surface area contributed by atoms with Gasteiger partial charge in [0, 0.05) is 23.6 Å². The fourth-order valence-electron chi connectivity index (χ4n) is 9.32. The monoisotopic (exact) mass is 544 g/mol. The number of amides is 4. The zero-order valence-electron chi connectivity index (χ0n) is 23.4. The number of carbonyl (C=O) groups excluding carboxylic acids is 4. The van der Waals surface area contributed by atoms with E-state index < -0.39 is 29.6 Å².